The molecule has 4 heteroatoms. The van der Waals surface area contributed by atoms with Crippen LogP contribution in [-0.2, 0) is 4.74 Å². The van der Waals surface area contributed by atoms with E-state index in [9.17, 15) is 0 Å². The number of para-hydroxylation sites is 2. The van der Waals surface area contributed by atoms with Crippen molar-refractivity contribution in [3.63, 3.8) is 0 Å². The van der Waals surface area contributed by atoms with Crippen molar-refractivity contribution < 1.29 is 14.2 Å². The molecule has 1 aliphatic heterocycles. The first-order valence-electron chi connectivity index (χ1n) is 7.37. The van der Waals surface area contributed by atoms with Gasteiger partial charge in [-0.2, -0.15) is 0 Å². The van der Waals surface area contributed by atoms with Gasteiger partial charge in [0.25, 0.3) is 0 Å². The Bertz CT molecular complexity index is 424. The Morgan fingerprint density at radius 2 is 2.00 bits per heavy atom. The summed E-state index contributed by atoms with van der Waals surface area (Å²) in [7, 11) is 0. The highest BCUT2D eigenvalue weighted by Crippen LogP contribution is 2.27. The van der Waals surface area contributed by atoms with Crippen LogP contribution >= 0.6 is 0 Å². The van der Waals surface area contributed by atoms with E-state index < -0.39 is 0 Å². The fraction of sp³-hybridized carbons (Fsp3) is 0.625. The lowest BCUT2D eigenvalue weighted by Gasteiger charge is -2.29. The first-order valence-corrected chi connectivity index (χ1v) is 7.37. The molecule has 0 aromatic heterocycles. The van der Waals surface area contributed by atoms with Crippen LogP contribution in [0.3, 0.4) is 0 Å². The second kappa shape index (κ2) is 6.95. The predicted molar refractivity (Wildman–Crippen MR) is 79.5 cm³/mol. The Labute approximate surface area is 121 Å². The summed E-state index contributed by atoms with van der Waals surface area (Å²) in [4.78, 5) is 0. The van der Waals surface area contributed by atoms with Crippen molar-refractivity contribution in [2.75, 3.05) is 26.4 Å². The molecule has 0 radical (unpaired) electrons. The monoisotopic (exact) mass is 279 g/mol. The van der Waals surface area contributed by atoms with Gasteiger partial charge in [-0.05, 0) is 39.3 Å². The summed E-state index contributed by atoms with van der Waals surface area (Å²) in [5.74, 6) is 1.61. The fourth-order valence-electron chi connectivity index (χ4n) is 2.41. The second-order valence-corrected chi connectivity index (χ2v) is 5.34. The molecule has 0 aliphatic carbocycles. The summed E-state index contributed by atoms with van der Waals surface area (Å²) in [6.07, 6.45) is 1.29. The van der Waals surface area contributed by atoms with Crippen molar-refractivity contribution in [3.05, 3.63) is 24.3 Å². The third-order valence-electron chi connectivity index (χ3n) is 3.92. The minimum atomic E-state index is 0.0583. The third-order valence-corrected chi connectivity index (χ3v) is 3.92. The highest BCUT2D eigenvalue weighted by molar-refractivity contribution is 5.39. The number of hydrogen-bond acceptors (Lipinski definition) is 4. The minimum Gasteiger partial charge on any atom is -0.490 e. The molecule has 2 unspecified atom stereocenters. The van der Waals surface area contributed by atoms with Gasteiger partial charge in [-0.15, -0.1) is 0 Å². The standard InChI is InChI=1S/C16H25NO3/c1-4-18-14-7-5-6-8-15(14)20-12-10-17-16(3)9-11-19-13(16)2/h5-8,13,17H,4,9-12H2,1-3H3. The number of hydrogen-bond donors (Lipinski definition) is 1. The van der Waals surface area contributed by atoms with Gasteiger partial charge in [0.15, 0.2) is 11.5 Å². The maximum atomic E-state index is 5.80. The zero-order valence-corrected chi connectivity index (χ0v) is 12.6. The molecule has 20 heavy (non-hydrogen) atoms. The van der Waals surface area contributed by atoms with Crippen LogP contribution < -0.4 is 14.8 Å². The predicted octanol–water partition coefficient (Wildman–Crippen LogP) is 2.62. The number of benzene rings is 1. The van der Waals surface area contributed by atoms with E-state index in [2.05, 4.69) is 19.2 Å². The van der Waals surface area contributed by atoms with Crippen molar-refractivity contribution in [1.29, 1.82) is 0 Å². The molecule has 4 nitrogen and oxygen atoms in total. The minimum absolute atomic E-state index is 0.0583. The second-order valence-electron chi connectivity index (χ2n) is 5.34. The fourth-order valence-corrected chi connectivity index (χ4v) is 2.41. The summed E-state index contributed by atoms with van der Waals surface area (Å²) in [5, 5.41) is 3.54. The molecule has 1 aromatic rings. The smallest absolute Gasteiger partial charge is 0.161 e. The zero-order valence-electron chi connectivity index (χ0n) is 12.6. The van der Waals surface area contributed by atoms with Gasteiger partial charge >= 0.3 is 0 Å². The molecule has 1 fully saturated rings. The quantitative estimate of drug-likeness (QED) is 0.779. The molecule has 1 heterocycles. The average Bonchev–Trinajstić information content (AvgIpc) is 2.77. The lowest BCUT2D eigenvalue weighted by Crippen LogP contribution is -2.49. The van der Waals surface area contributed by atoms with Gasteiger partial charge in [-0.3, -0.25) is 0 Å². The zero-order chi connectivity index (χ0) is 14.4. The molecule has 1 aromatic carbocycles. The molecule has 0 amide bonds. The van der Waals surface area contributed by atoms with Gasteiger partial charge in [0, 0.05) is 18.7 Å². The van der Waals surface area contributed by atoms with Crippen LogP contribution in [0, 0.1) is 0 Å². The van der Waals surface area contributed by atoms with Crippen LogP contribution in [-0.4, -0.2) is 38.0 Å². The average molecular weight is 279 g/mol. The first kappa shape index (κ1) is 15.1. The molecule has 2 rings (SSSR count). The van der Waals surface area contributed by atoms with Crippen molar-refractivity contribution in [2.45, 2.75) is 38.8 Å². The molecule has 1 saturated heterocycles. The number of rotatable bonds is 7. The maximum absolute atomic E-state index is 5.80. The largest absolute Gasteiger partial charge is 0.490 e. The van der Waals surface area contributed by atoms with E-state index in [1.807, 2.05) is 31.2 Å². The van der Waals surface area contributed by atoms with E-state index in [1.165, 1.54) is 0 Å². The molecule has 1 aliphatic rings. The van der Waals surface area contributed by atoms with Gasteiger partial charge in [0.05, 0.1) is 12.7 Å². The van der Waals surface area contributed by atoms with Gasteiger partial charge < -0.3 is 19.5 Å². The number of nitrogens with one attached hydrogen (secondary N) is 1. The Hall–Kier alpha value is -1.26. The molecule has 0 bridgehead atoms. The van der Waals surface area contributed by atoms with Gasteiger partial charge in [-0.25, -0.2) is 0 Å². The van der Waals surface area contributed by atoms with Crippen LogP contribution in [0.15, 0.2) is 24.3 Å². The Morgan fingerprint density at radius 1 is 1.30 bits per heavy atom. The molecule has 1 N–H and O–H groups in total. The Kier molecular flexibility index (Phi) is 5.26. The van der Waals surface area contributed by atoms with Crippen molar-refractivity contribution in [1.82, 2.24) is 5.32 Å². The van der Waals surface area contributed by atoms with E-state index in [0.717, 1.165) is 31.1 Å². The Morgan fingerprint density at radius 3 is 2.60 bits per heavy atom. The number of ether oxygens (including phenoxy) is 3. The summed E-state index contributed by atoms with van der Waals surface area (Å²) in [5.41, 5.74) is 0.0583. The van der Waals surface area contributed by atoms with Crippen LogP contribution in [0.4, 0.5) is 0 Å². The lowest BCUT2D eigenvalue weighted by atomic mass is 9.95. The SMILES string of the molecule is CCOc1ccccc1OCCNC1(C)CCOC1C. The van der Waals surface area contributed by atoms with Crippen molar-refractivity contribution >= 4 is 0 Å². The van der Waals surface area contributed by atoms with Gasteiger partial charge in [0.2, 0.25) is 0 Å². The van der Waals surface area contributed by atoms with Crippen LogP contribution in [0.1, 0.15) is 27.2 Å². The first-order chi connectivity index (χ1) is 9.65. The van der Waals surface area contributed by atoms with Crippen LogP contribution in [0.25, 0.3) is 0 Å². The Balaban J connectivity index is 1.79. The molecule has 112 valence electrons. The van der Waals surface area contributed by atoms with Crippen LogP contribution in [0.2, 0.25) is 0 Å². The molecular formula is C16H25NO3. The lowest BCUT2D eigenvalue weighted by molar-refractivity contribution is 0.0871. The molecule has 2 atom stereocenters. The highest BCUT2D eigenvalue weighted by Gasteiger charge is 2.36. The van der Waals surface area contributed by atoms with E-state index in [-0.39, 0.29) is 11.6 Å². The normalized spacial score (nSPS) is 25.6. The molecular weight excluding hydrogens is 254 g/mol. The van der Waals surface area contributed by atoms with Crippen molar-refractivity contribution in [3.8, 4) is 11.5 Å². The summed E-state index contributed by atoms with van der Waals surface area (Å²) in [6.45, 7) is 9.19. The van der Waals surface area contributed by atoms with E-state index in [0.29, 0.717) is 13.2 Å². The third kappa shape index (κ3) is 3.64. The van der Waals surface area contributed by atoms with Gasteiger partial charge in [-0.1, -0.05) is 12.1 Å². The van der Waals surface area contributed by atoms with E-state index in [4.69, 9.17) is 14.2 Å². The summed E-state index contributed by atoms with van der Waals surface area (Å²) >= 11 is 0. The maximum Gasteiger partial charge on any atom is 0.161 e. The van der Waals surface area contributed by atoms with E-state index >= 15 is 0 Å². The summed E-state index contributed by atoms with van der Waals surface area (Å²) in [6, 6.07) is 7.78. The van der Waals surface area contributed by atoms with Gasteiger partial charge in [0.1, 0.15) is 6.61 Å². The van der Waals surface area contributed by atoms with Crippen LogP contribution in [0.5, 0.6) is 11.5 Å². The summed E-state index contributed by atoms with van der Waals surface area (Å²) < 4.78 is 17.0. The van der Waals surface area contributed by atoms with E-state index in [1.54, 1.807) is 0 Å². The topological polar surface area (TPSA) is 39.7 Å². The molecule has 0 spiro atoms. The highest BCUT2D eigenvalue weighted by atomic mass is 16.5. The van der Waals surface area contributed by atoms with Crippen molar-refractivity contribution in [2.24, 2.45) is 0 Å². The molecule has 0 saturated carbocycles.